The van der Waals surface area contributed by atoms with Crippen molar-refractivity contribution >= 4 is 6.09 Å². The Morgan fingerprint density at radius 1 is 1.43 bits per heavy atom. The molecule has 1 aliphatic rings. The van der Waals surface area contributed by atoms with Gasteiger partial charge >= 0.3 is 6.09 Å². The van der Waals surface area contributed by atoms with Gasteiger partial charge in [0.05, 0.1) is 6.04 Å². The van der Waals surface area contributed by atoms with Gasteiger partial charge in [0.25, 0.3) is 0 Å². The van der Waals surface area contributed by atoms with E-state index in [0.717, 1.165) is 0 Å². The van der Waals surface area contributed by atoms with Gasteiger partial charge in [-0.3, -0.25) is 0 Å². The maximum atomic E-state index is 11.2. The molecule has 0 aromatic carbocycles. The van der Waals surface area contributed by atoms with Gasteiger partial charge in [-0.25, -0.2) is 4.79 Å². The predicted octanol–water partition coefficient (Wildman–Crippen LogP) is 1.81. The molecule has 5 nitrogen and oxygen atoms in total. The van der Waals surface area contributed by atoms with Crippen LogP contribution in [0.15, 0.2) is 5.18 Å². The molecule has 0 radical (unpaired) electrons. The Kier molecular flexibility index (Phi) is 3.08. The first-order chi connectivity index (χ1) is 6.40. The molecule has 0 aromatic rings. The standard InChI is InChI=1S/C9H16N2O3/c1-9(2,3)14-8(12)10-6-4-7(5-6)11-13/h6-7H,4-5H2,1-3H3,(H,10,12)/t6-,7+. The smallest absolute Gasteiger partial charge is 0.407 e. The quantitative estimate of drug-likeness (QED) is 0.691. The molecule has 80 valence electrons. The molecule has 0 bridgehead atoms. The molecule has 0 unspecified atom stereocenters. The first-order valence-corrected chi connectivity index (χ1v) is 4.72. The summed E-state index contributed by atoms with van der Waals surface area (Å²) in [4.78, 5) is 21.3. The van der Waals surface area contributed by atoms with E-state index in [1.165, 1.54) is 0 Å². The summed E-state index contributed by atoms with van der Waals surface area (Å²) >= 11 is 0. The number of ether oxygens (including phenoxy) is 1. The van der Waals surface area contributed by atoms with Gasteiger partial charge in [-0.15, -0.1) is 0 Å². The van der Waals surface area contributed by atoms with Gasteiger partial charge in [0.15, 0.2) is 0 Å². The van der Waals surface area contributed by atoms with Crippen molar-refractivity contribution < 1.29 is 9.53 Å². The van der Waals surface area contributed by atoms with Crippen LogP contribution < -0.4 is 5.32 Å². The Labute approximate surface area is 83.2 Å². The third-order valence-electron chi connectivity index (χ3n) is 1.98. The molecule has 1 fully saturated rings. The number of alkyl carbamates (subject to hydrolysis) is 1. The second-order valence-corrected chi connectivity index (χ2v) is 4.57. The van der Waals surface area contributed by atoms with Gasteiger partial charge in [0.1, 0.15) is 5.60 Å². The Bertz CT molecular complexity index is 229. The van der Waals surface area contributed by atoms with Crippen molar-refractivity contribution in [2.24, 2.45) is 5.18 Å². The molecule has 0 aromatic heterocycles. The molecule has 5 heteroatoms. The summed E-state index contributed by atoms with van der Waals surface area (Å²) in [7, 11) is 0. The summed E-state index contributed by atoms with van der Waals surface area (Å²) < 4.78 is 5.05. The summed E-state index contributed by atoms with van der Waals surface area (Å²) in [5.41, 5.74) is -0.476. The maximum Gasteiger partial charge on any atom is 0.407 e. The van der Waals surface area contributed by atoms with Crippen molar-refractivity contribution in [2.45, 2.75) is 51.3 Å². The zero-order valence-electron chi connectivity index (χ0n) is 8.74. The minimum atomic E-state index is -0.476. The van der Waals surface area contributed by atoms with Crippen LogP contribution in [0.5, 0.6) is 0 Å². The molecule has 1 saturated carbocycles. The third-order valence-corrected chi connectivity index (χ3v) is 1.98. The number of carbonyl (C=O) groups is 1. The number of nitrogens with one attached hydrogen (secondary N) is 1. The normalized spacial score (nSPS) is 26.2. The van der Waals surface area contributed by atoms with E-state index in [2.05, 4.69) is 10.5 Å². The largest absolute Gasteiger partial charge is 0.444 e. The monoisotopic (exact) mass is 200 g/mol. The molecule has 14 heavy (non-hydrogen) atoms. The molecule has 0 saturated heterocycles. The van der Waals surface area contributed by atoms with Gasteiger partial charge in [0, 0.05) is 6.04 Å². The molecular weight excluding hydrogens is 184 g/mol. The molecule has 1 aliphatic carbocycles. The molecule has 1 N–H and O–H groups in total. The van der Waals surface area contributed by atoms with Gasteiger partial charge < -0.3 is 10.1 Å². The van der Waals surface area contributed by atoms with Crippen LogP contribution in [0.4, 0.5) is 4.79 Å². The van der Waals surface area contributed by atoms with Crippen molar-refractivity contribution in [1.29, 1.82) is 0 Å². The molecule has 0 aliphatic heterocycles. The molecule has 1 rings (SSSR count). The summed E-state index contributed by atoms with van der Waals surface area (Å²) in [6.45, 7) is 5.43. The van der Waals surface area contributed by atoms with E-state index in [4.69, 9.17) is 4.74 Å². The summed E-state index contributed by atoms with van der Waals surface area (Å²) in [5.74, 6) is 0. The highest BCUT2D eigenvalue weighted by Gasteiger charge is 2.32. The van der Waals surface area contributed by atoms with Crippen LogP contribution in [-0.4, -0.2) is 23.8 Å². The fourth-order valence-electron chi connectivity index (χ4n) is 1.27. The number of rotatable bonds is 2. The Morgan fingerprint density at radius 3 is 2.43 bits per heavy atom. The second-order valence-electron chi connectivity index (χ2n) is 4.57. The van der Waals surface area contributed by atoms with E-state index in [1.54, 1.807) is 0 Å². The van der Waals surface area contributed by atoms with Gasteiger partial charge in [-0.05, 0) is 33.6 Å². The molecule has 1 amide bonds. The lowest BCUT2D eigenvalue weighted by molar-refractivity contribution is 0.0473. The topological polar surface area (TPSA) is 67.8 Å². The van der Waals surface area contributed by atoms with Gasteiger partial charge in [0.2, 0.25) is 0 Å². The highest BCUT2D eigenvalue weighted by Crippen LogP contribution is 2.23. The maximum absolute atomic E-state index is 11.2. The van der Waals surface area contributed by atoms with Crippen LogP contribution in [0.2, 0.25) is 0 Å². The zero-order chi connectivity index (χ0) is 10.8. The van der Waals surface area contributed by atoms with Crippen LogP contribution in [-0.2, 0) is 4.74 Å². The van der Waals surface area contributed by atoms with Crippen LogP contribution in [0.25, 0.3) is 0 Å². The van der Waals surface area contributed by atoms with E-state index in [-0.39, 0.29) is 12.1 Å². The predicted molar refractivity (Wildman–Crippen MR) is 52.0 cm³/mol. The first kappa shape index (κ1) is 10.9. The van der Waals surface area contributed by atoms with Crippen LogP contribution in [0.1, 0.15) is 33.6 Å². The first-order valence-electron chi connectivity index (χ1n) is 4.72. The number of hydrogen-bond donors (Lipinski definition) is 1. The number of hydrogen-bond acceptors (Lipinski definition) is 4. The van der Waals surface area contributed by atoms with Crippen LogP contribution >= 0.6 is 0 Å². The molecule has 0 spiro atoms. The minimum absolute atomic E-state index is 0.0487. The summed E-state index contributed by atoms with van der Waals surface area (Å²) in [6, 6.07) is -0.0810. The van der Waals surface area contributed by atoms with E-state index < -0.39 is 11.7 Å². The van der Waals surface area contributed by atoms with E-state index in [1.807, 2.05) is 20.8 Å². The fourth-order valence-corrected chi connectivity index (χ4v) is 1.27. The molecule has 0 heterocycles. The number of nitrogens with zero attached hydrogens (tertiary/aromatic N) is 1. The Balaban J connectivity index is 2.20. The van der Waals surface area contributed by atoms with Crippen molar-refractivity contribution in [3.8, 4) is 0 Å². The lowest BCUT2D eigenvalue weighted by atomic mass is 9.88. The average Bonchev–Trinajstić information content (AvgIpc) is 1.91. The van der Waals surface area contributed by atoms with Crippen molar-refractivity contribution in [2.75, 3.05) is 0 Å². The molecule has 0 atom stereocenters. The lowest BCUT2D eigenvalue weighted by Gasteiger charge is -2.31. The van der Waals surface area contributed by atoms with Gasteiger partial charge in [-0.1, -0.05) is 5.18 Å². The van der Waals surface area contributed by atoms with E-state index >= 15 is 0 Å². The lowest BCUT2D eigenvalue weighted by Crippen LogP contribution is -2.47. The molecular formula is C9H16N2O3. The number of nitroso groups, excluding NO2 is 1. The highest BCUT2D eigenvalue weighted by atomic mass is 16.6. The zero-order valence-corrected chi connectivity index (χ0v) is 8.74. The van der Waals surface area contributed by atoms with Crippen LogP contribution in [0, 0.1) is 4.91 Å². The minimum Gasteiger partial charge on any atom is -0.444 e. The van der Waals surface area contributed by atoms with Crippen LogP contribution in [0.3, 0.4) is 0 Å². The van der Waals surface area contributed by atoms with Crippen molar-refractivity contribution in [1.82, 2.24) is 5.32 Å². The summed E-state index contributed by atoms with van der Waals surface area (Å²) in [6.07, 6.45) is 0.831. The average molecular weight is 200 g/mol. The number of carbonyl (C=O) groups excluding carboxylic acids is 1. The highest BCUT2D eigenvalue weighted by molar-refractivity contribution is 5.68. The van der Waals surface area contributed by atoms with Crippen molar-refractivity contribution in [3.63, 3.8) is 0 Å². The third kappa shape index (κ3) is 3.32. The number of amides is 1. The second kappa shape index (κ2) is 3.94. The fraction of sp³-hybridized carbons (Fsp3) is 0.889. The van der Waals surface area contributed by atoms with E-state index in [9.17, 15) is 9.70 Å². The Hall–Kier alpha value is -1.13. The SMILES string of the molecule is CC(C)(C)OC(=O)N[C@H]1C[C@@H](N=O)C1. The van der Waals surface area contributed by atoms with Crippen molar-refractivity contribution in [3.05, 3.63) is 4.91 Å². The summed E-state index contributed by atoms with van der Waals surface area (Å²) in [5, 5.41) is 5.56. The van der Waals surface area contributed by atoms with E-state index in [0.29, 0.717) is 12.8 Å². The Morgan fingerprint density at radius 2 is 2.00 bits per heavy atom. The van der Waals surface area contributed by atoms with Gasteiger partial charge in [-0.2, -0.15) is 4.91 Å².